The van der Waals surface area contributed by atoms with Gasteiger partial charge in [-0.1, -0.05) is 25.5 Å². The van der Waals surface area contributed by atoms with E-state index in [-0.39, 0.29) is 5.54 Å². The molecule has 0 saturated heterocycles. The van der Waals surface area contributed by atoms with Crippen molar-refractivity contribution < 1.29 is 0 Å². The van der Waals surface area contributed by atoms with Crippen LogP contribution in [0.4, 0.5) is 0 Å². The molecule has 0 heterocycles. The van der Waals surface area contributed by atoms with Crippen LogP contribution in [0.1, 0.15) is 26.7 Å². The second kappa shape index (κ2) is 6.80. The second-order valence-electron chi connectivity index (χ2n) is 4.18. The Morgan fingerprint density at radius 1 is 1.29 bits per heavy atom. The summed E-state index contributed by atoms with van der Waals surface area (Å²) in [6.07, 6.45) is 6.00. The van der Waals surface area contributed by atoms with Crippen molar-refractivity contribution in [1.29, 1.82) is 0 Å². The molecule has 0 aliphatic carbocycles. The van der Waals surface area contributed by atoms with E-state index in [0.717, 1.165) is 32.5 Å². The number of nitrogens with zero attached hydrogens (tertiary/aromatic N) is 1. The minimum absolute atomic E-state index is 0.0965. The van der Waals surface area contributed by atoms with Gasteiger partial charge in [0.1, 0.15) is 0 Å². The van der Waals surface area contributed by atoms with Gasteiger partial charge in [0.2, 0.25) is 0 Å². The van der Waals surface area contributed by atoms with E-state index in [0.29, 0.717) is 0 Å². The van der Waals surface area contributed by atoms with Crippen molar-refractivity contribution in [3.63, 3.8) is 0 Å². The Labute approximate surface area is 88.5 Å². The number of hydrogen-bond acceptors (Lipinski definition) is 2. The molecule has 0 spiro atoms. The van der Waals surface area contributed by atoms with Gasteiger partial charge in [0.15, 0.2) is 0 Å². The van der Waals surface area contributed by atoms with Crippen LogP contribution < -0.4 is 5.73 Å². The van der Waals surface area contributed by atoms with Gasteiger partial charge in [0.05, 0.1) is 0 Å². The monoisotopic (exact) mass is 196 g/mol. The average Bonchev–Trinajstić information content (AvgIpc) is 2.03. The maximum absolute atomic E-state index is 6.18. The van der Waals surface area contributed by atoms with Gasteiger partial charge >= 0.3 is 0 Å². The summed E-state index contributed by atoms with van der Waals surface area (Å²) < 4.78 is 0. The molecule has 0 saturated carbocycles. The van der Waals surface area contributed by atoms with Crippen LogP contribution in [0.2, 0.25) is 0 Å². The Morgan fingerprint density at radius 2 is 1.79 bits per heavy atom. The number of rotatable bonds is 8. The summed E-state index contributed by atoms with van der Waals surface area (Å²) in [5.41, 5.74) is 6.08. The van der Waals surface area contributed by atoms with Crippen LogP contribution in [0.5, 0.6) is 0 Å². The molecule has 0 rings (SSSR count). The van der Waals surface area contributed by atoms with E-state index in [1.807, 2.05) is 12.2 Å². The molecular weight excluding hydrogens is 172 g/mol. The molecule has 14 heavy (non-hydrogen) atoms. The molecule has 2 N–H and O–H groups in total. The largest absolute Gasteiger partial charge is 0.324 e. The topological polar surface area (TPSA) is 29.3 Å². The molecule has 0 aromatic carbocycles. The molecule has 2 nitrogen and oxygen atoms in total. The minimum Gasteiger partial charge on any atom is -0.324 e. The molecule has 1 atom stereocenters. The highest BCUT2D eigenvalue weighted by Crippen LogP contribution is 2.10. The minimum atomic E-state index is -0.0965. The standard InChI is InChI=1S/C12H24N2/c1-5-8-12(4,13)11-14(9-6-2)10-7-3/h6-7H,2-3,5,8-11,13H2,1,4H3. The van der Waals surface area contributed by atoms with Crippen LogP contribution in [0.3, 0.4) is 0 Å². The van der Waals surface area contributed by atoms with Crippen molar-refractivity contribution in [2.24, 2.45) is 5.73 Å². The predicted molar refractivity (Wildman–Crippen MR) is 64.3 cm³/mol. The molecule has 0 bridgehead atoms. The lowest BCUT2D eigenvalue weighted by Crippen LogP contribution is -2.47. The third-order valence-corrected chi connectivity index (χ3v) is 2.18. The van der Waals surface area contributed by atoms with E-state index in [2.05, 4.69) is 31.9 Å². The van der Waals surface area contributed by atoms with Crippen LogP contribution in [-0.4, -0.2) is 30.1 Å². The summed E-state index contributed by atoms with van der Waals surface area (Å²) >= 11 is 0. The molecule has 0 aromatic heterocycles. The highest BCUT2D eigenvalue weighted by Gasteiger charge is 2.19. The van der Waals surface area contributed by atoms with Gasteiger partial charge in [-0.15, -0.1) is 13.2 Å². The SMILES string of the molecule is C=CCN(CC=C)CC(C)(N)CCC. The van der Waals surface area contributed by atoms with Gasteiger partial charge < -0.3 is 5.73 Å². The van der Waals surface area contributed by atoms with E-state index in [1.165, 1.54) is 0 Å². The van der Waals surface area contributed by atoms with Gasteiger partial charge in [0, 0.05) is 25.2 Å². The fourth-order valence-corrected chi connectivity index (χ4v) is 1.73. The van der Waals surface area contributed by atoms with Gasteiger partial charge in [-0.3, -0.25) is 4.90 Å². The highest BCUT2D eigenvalue weighted by molar-refractivity contribution is 4.87. The van der Waals surface area contributed by atoms with Crippen molar-refractivity contribution in [2.75, 3.05) is 19.6 Å². The lowest BCUT2D eigenvalue weighted by atomic mass is 9.97. The molecule has 0 aromatic rings. The predicted octanol–water partition coefficient (Wildman–Crippen LogP) is 2.18. The van der Waals surface area contributed by atoms with Gasteiger partial charge in [-0.25, -0.2) is 0 Å². The van der Waals surface area contributed by atoms with E-state index < -0.39 is 0 Å². The van der Waals surface area contributed by atoms with E-state index in [4.69, 9.17) is 5.73 Å². The van der Waals surface area contributed by atoms with E-state index in [9.17, 15) is 0 Å². The van der Waals surface area contributed by atoms with Gasteiger partial charge in [0.25, 0.3) is 0 Å². The third kappa shape index (κ3) is 5.95. The quantitative estimate of drug-likeness (QED) is 0.603. The molecule has 82 valence electrons. The van der Waals surface area contributed by atoms with Crippen LogP contribution in [0.25, 0.3) is 0 Å². The highest BCUT2D eigenvalue weighted by atomic mass is 15.1. The summed E-state index contributed by atoms with van der Waals surface area (Å²) in [5, 5.41) is 0. The summed E-state index contributed by atoms with van der Waals surface area (Å²) in [4.78, 5) is 2.26. The van der Waals surface area contributed by atoms with Crippen LogP contribution >= 0.6 is 0 Å². The van der Waals surface area contributed by atoms with Crippen molar-refractivity contribution >= 4 is 0 Å². The lowest BCUT2D eigenvalue weighted by molar-refractivity contribution is 0.246. The zero-order valence-corrected chi connectivity index (χ0v) is 9.63. The summed E-state index contributed by atoms with van der Waals surface area (Å²) in [6, 6.07) is 0. The van der Waals surface area contributed by atoms with Crippen LogP contribution in [0.15, 0.2) is 25.3 Å². The van der Waals surface area contributed by atoms with Crippen molar-refractivity contribution in [3.05, 3.63) is 25.3 Å². The van der Waals surface area contributed by atoms with E-state index >= 15 is 0 Å². The first-order chi connectivity index (χ1) is 6.55. The van der Waals surface area contributed by atoms with Gasteiger partial charge in [-0.05, 0) is 13.3 Å². The van der Waals surface area contributed by atoms with Crippen molar-refractivity contribution in [3.8, 4) is 0 Å². The normalized spacial score (nSPS) is 15.1. The Balaban J connectivity index is 4.10. The molecule has 0 fully saturated rings. The Morgan fingerprint density at radius 3 is 2.14 bits per heavy atom. The number of nitrogens with two attached hydrogens (primary N) is 1. The molecule has 2 heteroatoms. The van der Waals surface area contributed by atoms with Crippen molar-refractivity contribution in [2.45, 2.75) is 32.2 Å². The summed E-state index contributed by atoms with van der Waals surface area (Å²) in [6.45, 7) is 14.4. The first-order valence-corrected chi connectivity index (χ1v) is 5.28. The zero-order valence-electron chi connectivity index (χ0n) is 9.63. The summed E-state index contributed by atoms with van der Waals surface area (Å²) in [7, 11) is 0. The van der Waals surface area contributed by atoms with E-state index in [1.54, 1.807) is 0 Å². The van der Waals surface area contributed by atoms with Crippen LogP contribution in [0, 0.1) is 0 Å². The average molecular weight is 196 g/mol. The zero-order chi connectivity index (χ0) is 11.0. The number of hydrogen-bond donors (Lipinski definition) is 1. The summed E-state index contributed by atoms with van der Waals surface area (Å²) in [5.74, 6) is 0. The Kier molecular flexibility index (Phi) is 6.50. The lowest BCUT2D eigenvalue weighted by Gasteiger charge is -2.31. The molecule has 0 aliphatic heterocycles. The molecule has 1 unspecified atom stereocenters. The molecule has 0 amide bonds. The first kappa shape index (κ1) is 13.4. The maximum atomic E-state index is 6.18. The smallest absolute Gasteiger partial charge is 0.0254 e. The van der Waals surface area contributed by atoms with Crippen LogP contribution in [-0.2, 0) is 0 Å². The van der Waals surface area contributed by atoms with Gasteiger partial charge in [-0.2, -0.15) is 0 Å². The second-order valence-corrected chi connectivity index (χ2v) is 4.18. The molecule has 0 aliphatic rings. The molecular formula is C12H24N2. The first-order valence-electron chi connectivity index (χ1n) is 5.28. The molecule has 0 radical (unpaired) electrons. The fraction of sp³-hybridized carbons (Fsp3) is 0.667. The Hall–Kier alpha value is -0.600. The fourth-order valence-electron chi connectivity index (χ4n) is 1.73. The third-order valence-electron chi connectivity index (χ3n) is 2.18. The Bertz CT molecular complexity index is 163. The maximum Gasteiger partial charge on any atom is 0.0254 e. The van der Waals surface area contributed by atoms with Crippen molar-refractivity contribution in [1.82, 2.24) is 4.90 Å².